The van der Waals surface area contributed by atoms with E-state index in [0.29, 0.717) is 11.8 Å². The van der Waals surface area contributed by atoms with Crippen LogP contribution in [0.4, 0.5) is 0 Å². The van der Waals surface area contributed by atoms with Gasteiger partial charge >= 0.3 is 0 Å². The minimum Gasteiger partial charge on any atom is -0.256 e. The van der Waals surface area contributed by atoms with Crippen LogP contribution in [0.25, 0.3) is 33.3 Å². The fourth-order valence-electron chi connectivity index (χ4n) is 5.01. The lowest BCUT2D eigenvalue weighted by Gasteiger charge is -2.22. The minimum absolute atomic E-state index is 0.464. The van der Waals surface area contributed by atoms with Crippen molar-refractivity contribution in [1.82, 2.24) is 9.97 Å². The van der Waals surface area contributed by atoms with E-state index in [1.54, 1.807) is 0 Å². The van der Waals surface area contributed by atoms with Gasteiger partial charge in [0.15, 0.2) is 0 Å². The van der Waals surface area contributed by atoms with Crippen molar-refractivity contribution in [3.63, 3.8) is 0 Å². The minimum atomic E-state index is 0.464. The normalized spacial score (nSPS) is 13.0. The number of pyridine rings is 2. The van der Waals surface area contributed by atoms with Crippen LogP contribution in [0.15, 0.2) is 60.9 Å². The van der Waals surface area contributed by atoms with Crippen LogP contribution in [0.5, 0.6) is 0 Å². The van der Waals surface area contributed by atoms with Crippen LogP contribution in [0.3, 0.4) is 0 Å². The Balaban J connectivity index is 1.65. The highest BCUT2D eigenvalue weighted by molar-refractivity contribution is 5.91. The molecule has 0 aliphatic heterocycles. The van der Waals surface area contributed by atoms with E-state index in [-0.39, 0.29) is 0 Å². The molecule has 0 spiro atoms. The summed E-state index contributed by atoms with van der Waals surface area (Å²) in [5, 5.41) is 2.63. The van der Waals surface area contributed by atoms with Gasteiger partial charge in [-0.25, -0.2) is 0 Å². The molecule has 2 aromatic heterocycles. The molecule has 0 unspecified atom stereocenters. The third-order valence-corrected chi connectivity index (χ3v) is 6.41. The Morgan fingerprint density at radius 2 is 1.71 bits per heavy atom. The Hall–Kier alpha value is -3.00. The van der Waals surface area contributed by atoms with Gasteiger partial charge in [0.1, 0.15) is 0 Å². The third-order valence-electron chi connectivity index (χ3n) is 6.41. The maximum atomic E-state index is 4.92. The summed E-state index contributed by atoms with van der Waals surface area (Å²) in [7, 11) is 0. The maximum Gasteiger partial charge on any atom is 0.0741 e. The molecule has 0 fully saturated rings. The zero-order valence-corrected chi connectivity index (χ0v) is 18.9. The van der Waals surface area contributed by atoms with Crippen molar-refractivity contribution >= 4 is 10.8 Å². The Labute approximate surface area is 185 Å². The molecule has 156 valence electrons. The predicted molar refractivity (Wildman–Crippen MR) is 130 cm³/mol. The van der Waals surface area contributed by atoms with Crippen molar-refractivity contribution in [2.75, 3.05) is 0 Å². The predicted octanol–water partition coefficient (Wildman–Crippen LogP) is 7.38. The lowest BCUT2D eigenvalue weighted by atomic mass is 9.85. The van der Waals surface area contributed by atoms with Gasteiger partial charge in [-0.15, -0.1) is 0 Å². The second-order valence-corrected chi connectivity index (χ2v) is 9.58. The van der Waals surface area contributed by atoms with E-state index < -0.39 is 0 Å². The molecule has 2 nitrogen and oxygen atoms in total. The topological polar surface area (TPSA) is 25.8 Å². The molecule has 2 heterocycles. The highest BCUT2D eigenvalue weighted by Crippen LogP contribution is 2.39. The molecule has 2 heteroatoms. The molecular weight excluding hydrogens is 376 g/mol. The fourth-order valence-corrected chi connectivity index (χ4v) is 5.01. The van der Waals surface area contributed by atoms with Crippen LogP contribution >= 0.6 is 0 Å². The highest BCUT2D eigenvalue weighted by atomic mass is 14.7. The summed E-state index contributed by atoms with van der Waals surface area (Å²) in [5.74, 6) is 1.11. The number of aromatic nitrogens is 2. The smallest absolute Gasteiger partial charge is 0.0741 e. The third kappa shape index (κ3) is 3.65. The Kier molecular flexibility index (Phi) is 5.09. The molecular formula is C29H30N2. The van der Waals surface area contributed by atoms with Gasteiger partial charge < -0.3 is 0 Å². The van der Waals surface area contributed by atoms with Crippen molar-refractivity contribution in [1.29, 1.82) is 0 Å². The molecule has 0 atom stereocenters. The van der Waals surface area contributed by atoms with Gasteiger partial charge in [0.2, 0.25) is 0 Å². The molecule has 2 aromatic carbocycles. The van der Waals surface area contributed by atoms with Crippen molar-refractivity contribution in [2.24, 2.45) is 5.92 Å². The highest BCUT2D eigenvalue weighted by Gasteiger charge is 2.22. The molecule has 1 aliphatic rings. The van der Waals surface area contributed by atoms with E-state index in [4.69, 9.17) is 9.97 Å². The van der Waals surface area contributed by atoms with Crippen LogP contribution in [0, 0.1) is 5.92 Å². The van der Waals surface area contributed by atoms with Crippen LogP contribution in [-0.4, -0.2) is 9.97 Å². The number of hydrogen-bond acceptors (Lipinski definition) is 2. The lowest BCUT2D eigenvalue weighted by Crippen LogP contribution is -2.10. The van der Waals surface area contributed by atoms with Crippen LogP contribution in [0.2, 0.25) is 0 Å². The number of aryl methyl sites for hydroxylation is 1. The monoisotopic (exact) mass is 406 g/mol. The SMILES string of the molecule is CC(C)Cc1cnc2c(c1)CCc1c-2ccnc1-c1cc(C(C)C)c2ccccc2c1. The first-order valence-electron chi connectivity index (χ1n) is 11.5. The summed E-state index contributed by atoms with van der Waals surface area (Å²) in [6.07, 6.45) is 7.16. The van der Waals surface area contributed by atoms with Gasteiger partial charge in [0.25, 0.3) is 0 Å². The van der Waals surface area contributed by atoms with Crippen LogP contribution in [-0.2, 0) is 19.3 Å². The summed E-state index contributed by atoms with van der Waals surface area (Å²) >= 11 is 0. The lowest BCUT2D eigenvalue weighted by molar-refractivity contribution is 0.644. The maximum absolute atomic E-state index is 4.92. The number of fused-ring (bicyclic) bond motifs is 4. The van der Waals surface area contributed by atoms with E-state index in [9.17, 15) is 0 Å². The molecule has 0 saturated heterocycles. The summed E-state index contributed by atoms with van der Waals surface area (Å²) in [6, 6.07) is 17.9. The Morgan fingerprint density at radius 3 is 2.52 bits per heavy atom. The van der Waals surface area contributed by atoms with Crippen molar-refractivity contribution in [2.45, 2.75) is 52.9 Å². The molecule has 5 rings (SSSR count). The van der Waals surface area contributed by atoms with E-state index in [1.807, 2.05) is 6.20 Å². The van der Waals surface area contributed by atoms with Crippen molar-refractivity contribution in [3.8, 4) is 22.5 Å². The van der Waals surface area contributed by atoms with E-state index in [2.05, 4.69) is 82.4 Å². The average Bonchev–Trinajstić information content (AvgIpc) is 2.77. The number of rotatable bonds is 4. The Bertz CT molecular complexity index is 1270. The van der Waals surface area contributed by atoms with Gasteiger partial charge in [-0.2, -0.15) is 0 Å². The first-order chi connectivity index (χ1) is 15.0. The zero-order valence-electron chi connectivity index (χ0n) is 18.9. The number of hydrogen-bond donors (Lipinski definition) is 0. The summed E-state index contributed by atoms with van der Waals surface area (Å²) in [6.45, 7) is 9.08. The second-order valence-electron chi connectivity index (χ2n) is 9.58. The van der Waals surface area contributed by atoms with Crippen molar-refractivity contribution in [3.05, 3.63) is 83.2 Å². The number of nitrogens with zero attached hydrogens (tertiary/aromatic N) is 2. The van der Waals surface area contributed by atoms with Gasteiger partial charge in [-0.3, -0.25) is 9.97 Å². The zero-order chi connectivity index (χ0) is 21.5. The molecule has 1 aliphatic carbocycles. The van der Waals surface area contributed by atoms with Gasteiger partial charge in [-0.05, 0) is 82.3 Å². The van der Waals surface area contributed by atoms with E-state index in [0.717, 1.165) is 30.7 Å². The van der Waals surface area contributed by atoms with Gasteiger partial charge in [0.05, 0.1) is 11.4 Å². The molecule has 0 radical (unpaired) electrons. The molecule has 0 saturated carbocycles. The standard InChI is InChI=1S/C29H30N2/c1-18(2)13-20-14-22-9-10-25-26(28(22)31-17-20)11-12-30-29(25)23-15-21-7-5-6-8-24(21)27(16-23)19(3)4/h5-8,11-12,14-19H,9-10,13H2,1-4H3. The summed E-state index contributed by atoms with van der Waals surface area (Å²) < 4.78 is 0. The molecule has 0 N–H and O–H groups in total. The van der Waals surface area contributed by atoms with Gasteiger partial charge in [0, 0.05) is 23.5 Å². The van der Waals surface area contributed by atoms with E-state index in [1.165, 1.54) is 44.2 Å². The Morgan fingerprint density at radius 1 is 0.871 bits per heavy atom. The molecule has 4 aromatic rings. The fraction of sp³-hybridized carbons (Fsp3) is 0.310. The first-order valence-corrected chi connectivity index (χ1v) is 11.5. The average molecular weight is 407 g/mol. The largest absolute Gasteiger partial charge is 0.256 e. The quantitative estimate of drug-likeness (QED) is 0.353. The molecule has 0 bridgehead atoms. The number of benzene rings is 2. The summed E-state index contributed by atoms with van der Waals surface area (Å²) in [4.78, 5) is 9.79. The van der Waals surface area contributed by atoms with Crippen LogP contribution < -0.4 is 0 Å². The summed E-state index contributed by atoms with van der Waals surface area (Å²) in [5.41, 5.74) is 10.2. The van der Waals surface area contributed by atoms with Gasteiger partial charge in [-0.1, -0.05) is 58.0 Å². The molecule has 0 amide bonds. The van der Waals surface area contributed by atoms with Crippen molar-refractivity contribution < 1.29 is 0 Å². The van der Waals surface area contributed by atoms with E-state index >= 15 is 0 Å². The molecule has 31 heavy (non-hydrogen) atoms. The first kappa shape index (κ1) is 19.9. The van der Waals surface area contributed by atoms with Crippen LogP contribution in [0.1, 0.15) is 55.9 Å². The second kappa shape index (κ2) is 7.92.